The van der Waals surface area contributed by atoms with Crippen LogP contribution in [0.4, 0.5) is 14.9 Å². The summed E-state index contributed by atoms with van der Waals surface area (Å²) in [4.78, 5) is 12.0. The molecule has 5 nitrogen and oxygen atoms in total. The third-order valence-corrected chi connectivity index (χ3v) is 4.30. The molecule has 2 amide bonds. The molecule has 26 heavy (non-hydrogen) atoms. The fourth-order valence-corrected chi connectivity index (χ4v) is 2.33. The van der Waals surface area contributed by atoms with E-state index in [2.05, 4.69) is 10.6 Å². The topological polar surface area (TPSA) is 70.6 Å². The standard InChI is InChI=1S/C20H25FN2O3/c1-3-20(25,4-2)14-22-19(24)23-17-6-5-7-18(12-17)26-13-15-8-10-16(21)11-9-15/h5-12,25H,3-4,13-14H2,1-2H3,(H2,22,23,24). The Kier molecular flexibility index (Phi) is 6.97. The van der Waals surface area contributed by atoms with Crippen LogP contribution in [-0.2, 0) is 6.61 Å². The molecule has 0 aliphatic rings. The Bertz CT molecular complexity index is 715. The third kappa shape index (κ3) is 6.04. The Morgan fingerprint density at radius 2 is 1.85 bits per heavy atom. The zero-order valence-corrected chi connectivity index (χ0v) is 15.1. The number of carbonyl (C=O) groups excluding carboxylic acids is 1. The molecular formula is C20H25FN2O3. The van der Waals surface area contributed by atoms with Crippen LogP contribution in [-0.4, -0.2) is 23.3 Å². The Labute approximate surface area is 153 Å². The zero-order chi connectivity index (χ0) is 19.0. The second kappa shape index (κ2) is 9.20. The summed E-state index contributed by atoms with van der Waals surface area (Å²) >= 11 is 0. The van der Waals surface area contributed by atoms with Crippen LogP contribution in [0.3, 0.4) is 0 Å². The first-order chi connectivity index (χ1) is 12.4. The summed E-state index contributed by atoms with van der Waals surface area (Å²) in [5.74, 6) is 0.301. The van der Waals surface area contributed by atoms with Gasteiger partial charge in [0.15, 0.2) is 0 Å². The molecule has 2 aromatic rings. The Morgan fingerprint density at radius 1 is 1.15 bits per heavy atom. The molecule has 0 radical (unpaired) electrons. The van der Waals surface area contributed by atoms with Gasteiger partial charge < -0.3 is 20.5 Å². The molecule has 0 saturated heterocycles. The quantitative estimate of drug-likeness (QED) is 0.664. The van der Waals surface area contributed by atoms with Gasteiger partial charge in [0.2, 0.25) is 0 Å². The van der Waals surface area contributed by atoms with Gasteiger partial charge in [-0.05, 0) is 42.7 Å². The minimum Gasteiger partial charge on any atom is -0.489 e. The largest absolute Gasteiger partial charge is 0.489 e. The van der Waals surface area contributed by atoms with Crippen molar-refractivity contribution >= 4 is 11.7 Å². The van der Waals surface area contributed by atoms with E-state index in [0.29, 0.717) is 30.9 Å². The number of halogens is 1. The van der Waals surface area contributed by atoms with Crippen LogP contribution in [0.5, 0.6) is 5.75 Å². The molecule has 0 unspecified atom stereocenters. The van der Waals surface area contributed by atoms with Crippen molar-refractivity contribution in [3.8, 4) is 5.75 Å². The smallest absolute Gasteiger partial charge is 0.319 e. The second-order valence-electron chi connectivity index (χ2n) is 6.18. The van der Waals surface area contributed by atoms with Gasteiger partial charge in [-0.25, -0.2) is 9.18 Å². The van der Waals surface area contributed by atoms with E-state index in [0.717, 1.165) is 5.56 Å². The van der Waals surface area contributed by atoms with Crippen molar-refractivity contribution in [1.82, 2.24) is 5.32 Å². The van der Waals surface area contributed by atoms with Crippen molar-refractivity contribution < 1.29 is 19.0 Å². The first-order valence-electron chi connectivity index (χ1n) is 8.68. The lowest BCUT2D eigenvalue weighted by Gasteiger charge is -2.25. The van der Waals surface area contributed by atoms with E-state index >= 15 is 0 Å². The van der Waals surface area contributed by atoms with Crippen LogP contribution in [0.15, 0.2) is 48.5 Å². The van der Waals surface area contributed by atoms with Gasteiger partial charge in [-0.15, -0.1) is 0 Å². The number of anilines is 1. The van der Waals surface area contributed by atoms with Crippen LogP contribution in [0.1, 0.15) is 32.3 Å². The van der Waals surface area contributed by atoms with E-state index in [9.17, 15) is 14.3 Å². The number of benzene rings is 2. The minimum atomic E-state index is -0.891. The summed E-state index contributed by atoms with van der Waals surface area (Å²) in [6, 6.07) is 12.7. The van der Waals surface area contributed by atoms with Gasteiger partial charge in [0.1, 0.15) is 18.2 Å². The van der Waals surface area contributed by atoms with Gasteiger partial charge in [0, 0.05) is 18.3 Å². The lowest BCUT2D eigenvalue weighted by Crippen LogP contribution is -2.43. The highest BCUT2D eigenvalue weighted by molar-refractivity contribution is 5.89. The van der Waals surface area contributed by atoms with Crippen LogP contribution in [0.25, 0.3) is 0 Å². The second-order valence-corrected chi connectivity index (χ2v) is 6.18. The molecule has 0 bridgehead atoms. The van der Waals surface area contributed by atoms with Crippen molar-refractivity contribution in [3.63, 3.8) is 0 Å². The normalized spacial score (nSPS) is 11.1. The Morgan fingerprint density at radius 3 is 2.50 bits per heavy atom. The lowest BCUT2D eigenvalue weighted by molar-refractivity contribution is 0.0354. The van der Waals surface area contributed by atoms with Crippen molar-refractivity contribution in [2.75, 3.05) is 11.9 Å². The van der Waals surface area contributed by atoms with E-state index in [1.807, 2.05) is 13.8 Å². The van der Waals surface area contributed by atoms with E-state index < -0.39 is 5.60 Å². The summed E-state index contributed by atoms with van der Waals surface area (Å²) in [6.45, 7) is 4.25. The fraction of sp³-hybridized carbons (Fsp3) is 0.350. The van der Waals surface area contributed by atoms with Crippen molar-refractivity contribution in [1.29, 1.82) is 0 Å². The number of ether oxygens (including phenoxy) is 1. The zero-order valence-electron chi connectivity index (χ0n) is 15.1. The van der Waals surface area contributed by atoms with Crippen molar-refractivity contribution in [2.45, 2.75) is 38.9 Å². The summed E-state index contributed by atoms with van der Waals surface area (Å²) in [7, 11) is 0. The Balaban J connectivity index is 1.87. The molecule has 0 atom stereocenters. The average molecular weight is 360 g/mol. The number of carbonyl (C=O) groups is 1. The molecule has 2 rings (SSSR count). The van der Waals surface area contributed by atoms with E-state index in [4.69, 9.17) is 4.74 Å². The Hall–Kier alpha value is -2.60. The highest BCUT2D eigenvalue weighted by atomic mass is 19.1. The van der Waals surface area contributed by atoms with Crippen LogP contribution in [0.2, 0.25) is 0 Å². The SMILES string of the molecule is CCC(O)(CC)CNC(=O)Nc1cccc(OCc2ccc(F)cc2)c1. The maximum absolute atomic E-state index is 12.9. The van der Waals surface area contributed by atoms with Gasteiger partial charge in [0.25, 0.3) is 0 Å². The average Bonchev–Trinajstić information content (AvgIpc) is 2.66. The molecule has 140 valence electrons. The van der Waals surface area contributed by atoms with E-state index in [1.165, 1.54) is 12.1 Å². The van der Waals surface area contributed by atoms with Gasteiger partial charge in [-0.3, -0.25) is 0 Å². The monoisotopic (exact) mass is 360 g/mol. The van der Waals surface area contributed by atoms with Crippen LogP contribution >= 0.6 is 0 Å². The maximum Gasteiger partial charge on any atom is 0.319 e. The van der Waals surface area contributed by atoms with Crippen LogP contribution in [0, 0.1) is 5.82 Å². The number of amides is 2. The predicted octanol–water partition coefficient (Wildman–Crippen LogP) is 4.08. The highest BCUT2D eigenvalue weighted by Gasteiger charge is 2.22. The summed E-state index contributed by atoms with van der Waals surface area (Å²) in [5.41, 5.74) is 0.536. The molecular weight excluding hydrogens is 335 g/mol. The lowest BCUT2D eigenvalue weighted by atomic mass is 9.98. The van der Waals surface area contributed by atoms with Crippen molar-refractivity contribution in [2.24, 2.45) is 0 Å². The third-order valence-electron chi connectivity index (χ3n) is 4.30. The van der Waals surface area contributed by atoms with Crippen LogP contribution < -0.4 is 15.4 Å². The number of aliphatic hydroxyl groups is 1. The number of nitrogens with one attached hydrogen (secondary N) is 2. The van der Waals surface area contributed by atoms with Gasteiger partial charge in [0.05, 0.1) is 5.60 Å². The molecule has 3 N–H and O–H groups in total. The van der Waals surface area contributed by atoms with Gasteiger partial charge >= 0.3 is 6.03 Å². The minimum absolute atomic E-state index is 0.187. The van der Waals surface area contributed by atoms with Gasteiger partial charge in [-0.2, -0.15) is 0 Å². The highest BCUT2D eigenvalue weighted by Crippen LogP contribution is 2.19. The van der Waals surface area contributed by atoms with Gasteiger partial charge in [-0.1, -0.05) is 32.0 Å². The molecule has 0 aliphatic carbocycles. The summed E-state index contributed by atoms with van der Waals surface area (Å²) in [5, 5.41) is 15.6. The van der Waals surface area contributed by atoms with Crippen molar-refractivity contribution in [3.05, 3.63) is 59.9 Å². The molecule has 0 aliphatic heterocycles. The molecule has 0 spiro atoms. The molecule has 0 fully saturated rings. The molecule has 0 aromatic heterocycles. The number of hydrogen-bond acceptors (Lipinski definition) is 3. The number of hydrogen-bond donors (Lipinski definition) is 3. The van der Waals surface area contributed by atoms with E-state index in [1.54, 1.807) is 36.4 Å². The number of urea groups is 1. The summed E-state index contributed by atoms with van der Waals surface area (Å²) < 4.78 is 18.6. The predicted molar refractivity (Wildman–Crippen MR) is 99.7 cm³/mol. The summed E-state index contributed by atoms with van der Waals surface area (Å²) in [6.07, 6.45) is 1.13. The van der Waals surface area contributed by atoms with E-state index in [-0.39, 0.29) is 18.4 Å². The molecule has 2 aromatic carbocycles. The maximum atomic E-state index is 12.9. The number of rotatable bonds is 8. The first kappa shape index (κ1) is 19.7. The molecule has 0 heterocycles. The molecule has 6 heteroatoms. The molecule has 0 saturated carbocycles. The first-order valence-corrected chi connectivity index (χ1v) is 8.68. The fourth-order valence-electron chi connectivity index (χ4n) is 2.33.